The Balaban J connectivity index is 1.35. The summed E-state index contributed by atoms with van der Waals surface area (Å²) >= 11 is 0. The molecule has 0 saturated carbocycles. The fraction of sp³-hybridized carbons (Fsp3) is 0.121. The van der Waals surface area contributed by atoms with Gasteiger partial charge in [0.2, 0.25) is 0 Å². The number of aromatic amines is 1. The maximum atomic E-state index is 13.3. The number of aromatic nitrogens is 1. The van der Waals surface area contributed by atoms with Crippen molar-refractivity contribution < 1.29 is 28.5 Å². The molecule has 5 rings (SSSR count). The molecule has 0 bridgehead atoms. The normalized spacial score (nSPS) is 10.9. The van der Waals surface area contributed by atoms with Crippen molar-refractivity contribution in [2.24, 2.45) is 5.10 Å². The molecule has 0 aliphatic heterocycles. The van der Waals surface area contributed by atoms with E-state index in [1.54, 1.807) is 56.7 Å². The standard InChI is InChI=1S/C33H29N3O6/c1-4-41-29-18-21(10-17-28(29)42-33(38)23-11-13-24(39-2)14-12-23)20-34-36-32(37)31-30(22-8-6-5-7-9-22)26-19-25(40-3)15-16-27(26)35-31/h5-20,35H,4H2,1-3H3,(H,36,37). The zero-order valence-electron chi connectivity index (χ0n) is 23.3. The summed E-state index contributed by atoms with van der Waals surface area (Å²) in [4.78, 5) is 29.2. The molecule has 0 fully saturated rings. The lowest BCUT2D eigenvalue weighted by Crippen LogP contribution is -2.18. The first-order valence-electron chi connectivity index (χ1n) is 13.2. The average Bonchev–Trinajstić information content (AvgIpc) is 3.41. The summed E-state index contributed by atoms with van der Waals surface area (Å²) in [5.41, 5.74) is 6.41. The third-order valence-electron chi connectivity index (χ3n) is 6.47. The highest BCUT2D eigenvalue weighted by Crippen LogP contribution is 2.35. The summed E-state index contributed by atoms with van der Waals surface area (Å²) in [5.74, 6) is 1.02. The largest absolute Gasteiger partial charge is 0.497 e. The van der Waals surface area contributed by atoms with Crippen molar-refractivity contribution >= 4 is 29.0 Å². The minimum Gasteiger partial charge on any atom is -0.497 e. The first-order chi connectivity index (χ1) is 20.5. The van der Waals surface area contributed by atoms with E-state index in [0.29, 0.717) is 40.7 Å². The van der Waals surface area contributed by atoms with Crippen LogP contribution in [0.5, 0.6) is 23.0 Å². The van der Waals surface area contributed by atoms with Crippen LogP contribution in [0.3, 0.4) is 0 Å². The van der Waals surface area contributed by atoms with Crippen LogP contribution in [0.1, 0.15) is 33.3 Å². The number of esters is 1. The number of fused-ring (bicyclic) bond motifs is 1. The van der Waals surface area contributed by atoms with Gasteiger partial charge in [0.15, 0.2) is 11.5 Å². The molecule has 9 heteroatoms. The molecular formula is C33H29N3O6. The van der Waals surface area contributed by atoms with Gasteiger partial charge in [-0.3, -0.25) is 4.79 Å². The van der Waals surface area contributed by atoms with E-state index in [-0.39, 0.29) is 5.75 Å². The summed E-state index contributed by atoms with van der Waals surface area (Å²) in [6.45, 7) is 2.19. The Morgan fingerprint density at radius 1 is 0.857 bits per heavy atom. The Kier molecular flexibility index (Phi) is 8.48. The molecule has 0 saturated heterocycles. The number of hydrogen-bond donors (Lipinski definition) is 2. The van der Waals surface area contributed by atoms with E-state index in [1.165, 1.54) is 6.21 Å². The second-order valence-corrected chi connectivity index (χ2v) is 9.11. The van der Waals surface area contributed by atoms with E-state index in [2.05, 4.69) is 15.5 Å². The van der Waals surface area contributed by atoms with Crippen LogP contribution in [0.2, 0.25) is 0 Å². The van der Waals surface area contributed by atoms with Crippen LogP contribution in [0.4, 0.5) is 0 Å². The van der Waals surface area contributed by atoms with Gasteiger partial charge in [-0.1, -0.05) is 30.3 Å². The predicted octanol–water partition coefficient (Wildman–Crippen LogP) is 6.23. The van der Waals surface area contributed by atoms with Crippen molar-refractivity contribution in [3.05, 3.63) is 108 Å². The van der Waals surface area contributed by atoms with Gasteiger partial charge in [-0.05, 0) is 78.7 Å². The van der Waals surface area contributed by atoms with E-state index in [9.17, 15) is 9.59 Å². The van der Waals surface area contributed by atoms with Gasteiger partial charge in [-0.25, -0.2) is 10.2 Å². The highest BCUT2D eigenvalue weighted by Gasteiger charge is 2.20. The van der Waals surface area contributed by atoms with Crippen molar-refractivity contribution in [1.82, 2.24) is 10.4 Å². The van der Waals surface area contributed by atoms with Gasteiger partial charge in [0.1, 0.15) is 17.2 Å². The number of methoxy groups -OCH3 is 2. The van der Waals surface area contributed by atoms with Crippen LogP contribution in [0.15, 0.2) is 96.1 Å². The zero-order valence-corrected chi connectivity index (χ0v) is 23.3. The average molecular weight is 564 g/mol. The number of hydrazone groups is 1. The molecule has 5 aromatic rings. The maximum Gasteiger partial charge on any atom is 0.343 e. The van der Waals surface area contributed by atoms with Crippen molar-refractivity contribution in [2.75, 3.05) is 20.8 Å². The fourth-order valence-corrected chi connectivity index (χ4v) is 4.44. The maximum absolute atomic E-state index is 13.3. The van der Waals surface area contributed by atoms with Crippen LogP contribution in [-0.2, 0) is 0 Å². The molecule has 9 nitrogen and oxygen atoms in total. The van der Waals surface area contributed by atoms with Crippen LogP contribution >= 0.6 is 0 Å². The predicted molar refractivity (Wildman–Crippen MR) is 161 cm³/mol. The third kappa shape index (κ3) is 6.10. The Morgan fingerprint density at radius 2 is 1.60 bits per heavy atom. The number of ether oxygens (including phenoxy) is 4. The molecule has 0 unspecified atom stereocenters. The molecule has 2 N–H and O–H groups in total. The Morgan fingerprint density at radius 3 is 2.31 bits per heavy atom. The molecular weight excluding hydrogens is 534 g/mol. The van der Waals surface area contributed by atoms with Gasteiger partial charge in [-0.2, -0.15) is 5.10 Å². The molecule has 0 spiro atoms. The molecule has 42 heavy (non-hydrogen) atoms. The molecule has 1 aromatic heterocycles. The SMILES string of the molecule is CCOc1cc(C=NNC(=O)c2[nH]c3ccc(OC)cc3c2-c2ccccc2)ccc1OC(=O)c1ccc(OC)cc1. The number of nitrogens with zero attached hydrogens (tertiary/aromatic N) is 1. The molecule has 0 atom stereocenters. The highest BCUT2D eigenvalue weighted by molar-refractivity contribution is 6.10. The Hall–Kier alpha value is -5.57. The second-order valence-electron chi connectivity index (χ2n) is 9.11. The van der Waals surface area contributed by atoms with Crippen LogP contribution in [0, 0.1) is 0 Å². The molecule has 212 valence electrons. The first-order valence-corrected chi connectivity index (χ1v) is 13.2. The summed E-state index contributed by atoms with van der Waals surface area (Å²) in [7, 11) is 3.16. The number of carbonyl (C=O) groups is 2. The lowest BCUT2D eigenvalue weighted by molar-refractivity contribution is 0.0728. The monoisotopic (exact) mass is 563 g/mol. The minimum absolute atomic E-state index is 0.264. The topological polar surface area (TPSA) is 111 Å². The van der Waals surface area contributed by atoms with Crippen molar-refractivity contribution in [3.8, 4) is 34.1 Å². The first kappa shape index (κ1) is 28.0. The van der Waals surface area contributed by atoms with Gasteiger partial charge in [0.05, 0.1) is 32.6 Å². The van der Waals surface area contributed by atoms with Gasteiger partial charge in [0, 0.05) is 16.5 Å². The van der Waals surface area contributed by atoms with E-state index < -0.39 is 11.9 Å². The van der Waals surface area contributed by atoms with Crippen LogP contribution in [-0.4, -0.2) is 43.9 Å². The summed E-state index contributed by atoms with van der Waals surface area (Å²) in [5, 5.41) is 5.03. The highest BCUT2D eigenvalue weighted by atomic mass is 16.6. The minimum atomic E-state index is -0.530. The van der Waals surface area contributed by atoms with Crippen LogP contribution in [0.25, 0.3) is 22.0 Å². The van der Waals surface area contributed by atoms with E-state index >= 15 is 0 Å². The van der Waals surface area contributed by atoms with Gasteiger partial charge in [-0.15, -0.1) is 0 Å². The second kappa shape index (κ2) is 12.7. The number of nitrogens with one attached hydrogen (secondary N) is 2. The molecule has 1 heterocycles. The number of amides is 1. The van der Waals surface area contributed by atoms with E-state index in [1.807, 2.05) is 55.5 Å². The van der Waals surface area contributed by atoms with Crippen molar-refractivity contribution in [2.45, 2.75) is 6.92 Å². The molecule has 0 radical (unpaired) electrons. The van der Waals surface area contributed by atoms with Crippen molar-refractivity contribution in [3.63, 3.8) is 0 Å². The molecule has 1 amide bonds. The van der Waals surface area contributed by atoms with Gasteiger partial charge < -0.3 is 23.9 Å². The smallest absolute Gasteiger partial charge is 0.343 e. The fourth-order valence-electron chi connectivity index (χ4n) is 4.44. The number of benzene rings is 4. The molecule has 0 aliphatic rings. The van der Waals surface area contributed by atoms with E-state index in [0.717, 1.165) is 22.0 Å². The Bertz CT molecular complexity index is 1740. The lowest BCUT2D eigenvalue weighted by atomic mass is 10.0. The molecule has 4 aromatic carbocycles. The van der Waals surface area contributed by atoms with Gasteiger partial charge >= 0.3 is 5.97 Å². The van der Waals surface area contributed by atoms with Gasteiger partial charge in [0.25, 0.3) is 5.91 Å². The number of H-pyrrole nitrogens is 1. The summed E-state index contributed by atoms with van der Waals surface area (Å²) in [6, 6.07) is 26.9. The Labute approximate surface area is 242 Å². The number of rotatable bonds is 10. The van der Waals surface area contributed by atoms with E-state index in [4.69, 9.17) is 18.9 Å². The van der Waals surface area contributed by atoms with Crippen LogP contribution < -0.4 is 24.4 Å². The molecule has 0 aliphatic carbocycles. The third-order valence-corrected chi connectivity index (χ3v) is 6.47. The summed E-state index contributed by atoms with van der Waals surface area (Å²) in [6.07, 6.45) is 1.49. The quantitative estimate of drug-likeness (QED) is 0.0902. The number of hydrogen-bond acceptors (Lipinski definition) is 7. The zero-order chi connectivity index (χ0) is 29.5. The lowest BCUT2D eigenvalue weighted by Gasteiger charge is -2.11. The van der Waals surface area contributed by atoms with Crippen molar-refractivity contribution in [1.29, 1.82) is 0 Å². The number of carbonyl (C=O) groups excluding carboxylic acids is 2. The summed E-state index contributed by atoms with van der Waals surface area (Å²) < 4.78 is 21.8.